The summed E-state index contributed by atoms with van der Waals surface area (Å²) < 4.78 is 1.71. The Morgan fingerprint density at radius 2 is 2.13 bits per heavy atom. The maximum absolute atomic E-state index is 4.15. The Kier molecular flexibility index (Phi) is 5.63. The highest BCUT2D eigenvalue weighted by Crippen LogP contribution is 1.99. The first-order chi connectivity index (χ1) is 7.24. The third-order valence-corrected chi connectivity index (χ3v) is 2.67. The van der Waals surface area contributed by atoms with Crippen LogP contribution in [0.1, 0.15) is 26.2 Å². The molecule has 0 bridgehead atoms. The molecule has 1 aromatic rings. The first-order valence-electron chi connectivity index (χ1n) is 5.37. The summed E-state index contributed by atoms with van der Waals surface area (Å²) in [7, 11) is 2.12. The van der Waals surface area contributed by atoms with E-state index in [1.54, 1.807) is 4.68 Å². The molecule has 0 saturated heterocycles. The largest absolute Gasteiger partial charge is 0.305 e. The third-order valence-electron chi connectivity index (χ3n) is 2.35. The molecular formula is C9H19N5S. The SMILES string of the molecule is CCCCCN(C)CCn1nnnc1S. The monoisotopic (exact) mass is 229 g/mol. The van der Waals surface area contributed by atoms with Gasteiger partial charge in [0.1, 0.15) is 0 Å². The normalized spacial score (nSPS) is 11.2. The number of tetrazole rings is 1. The van der Waals surface area contributed by atoms with Gasteiger partial charge in [0.05, 0.1) is 6.54 Å². The molecule has 1 rings (SSSR count). The van der Waals surface area contributed by atoms with Crippen molar-refractivity contribution in [2.24, 2.45) is 0 Å². The van der Waals surface area contributed by atoms with Gasteiger partial charge in [0.15, 0.2) is 0 Å². The molecule has 0 aromatic carbocycles. The maximum Gasteiger partial charge on any atom is 0.206 e. The Morgan fingerprint density at radius 1 is 1.33 bits per heavy atom. The summed E-state index contributed by atoms with van der Waals surface area (Å²) in [4.78, 5) is 2.30. The fourth-order valence-electron chi connectivity index (χ4n) is 1.35. The second kappa shape index (κ2) is 6.79. The molecule has 0 aliphatic carbocycles. The lowest BCUT2D eigenvalue weighted by atomic mass is 10.2. The van der Waals surface area contributed by atoms with Crippen LogP contribution in [-0.2, 0) is 6.54 Å². The van der Waals surface area contributed by atoms with Gasteiger partial charge in [0.2, 0.25) is 5.16 Å². The molecule has 0 saturated carbocycles. The fourth-order valence-corrected chi connectivity index (χ4v) is 1.53. The van der Waals surface area contributed by atoms with Gasteiger partial charge in [0, 0.05) is 6.54 Å². The average molecular weight is 229 g/mol. The zero-order chi connectivity index (χ0) is 11.1. The third kappa shape index (κ3) is 4.61. The van der Waals surface area contributed by atoms with Crippen LogP contribution in [0.3, 0.4) is 0 Å². The number of nitrogens with zero attached hydrogens (tertiary/aromatic N) is 5. The predicted octanol–water partition coefficient (Wildman–Crippen LogP) is 1.08. The zero-order valence-corrected chi connectivity index (χ0v) is 10.3. The predicted molar refractivity (Wildman–Crippen MR) is 62.1 cm³/mol. The fraction of sp³-hybridized carbons (Fsp3) is 0.889. The van der Waals surface area contributed by atoms with Crippen molar-refractivity contribution in [2.75, 3.05) is 20.1 Å². The lowest BCUT2D eigenvalue weighted by Gasteiger charge is -2.15. The highest BCUT2D eigenvalue weighted by molar-refractivity contribution is 7.80. The molecule has 0 fully saturated rings. The quantitative estimate of drug-likeness (QED) is 0.561. The summed E-state index contributed by atoms with van der Waals surface area (Å²) >= 11 is 4.15. The van der Waals surface area contributed by atoms with Crippen molar-refractivity contribution in [1.29, 1.82) is 0 Å². The summed E-state index contributed by atoms with van der Waals surface area (Å²) in [5.41, 5.74) is 0. The molecule has 1 aromatic heterocycles. The zero-order valence-electron chi connectivity index (χ0n) is 9.43. The van der Waals surface area contributed by atoms with E-state index in [2.05, 4.69) is 47.0 Å². The van der Waals surface area contributed by atoms with E-state index in [4.69, 9.17) is 0 Å². The molecule has 0 radical (unpaired) electrons. The number of hydrogen-bond acceptors (Lipinski definition) is 5. The number of rotatable bonds is 7. The van der Waals surface area contributed by atoms with Crippen LogP contribution in [0.4, 0.5) is 0 Å². The van der Waals surface area contributed by atoms with E-state index in [-0.39, 0.29) is 0 Å². The Balaban J connectivity index is 2.16. The van der Waals surface area contributed by atoms with Crippen LogP contribution < -0.4 is 0 Å². The molecule has 6 heteroatoms. The van der Waals surface area contributed by atoms with Crippen LogP contribution in [0.5, 0.6) is 0 Å². The van der Waals surface area contributed by atoms with Gasteiger partial charge in [-0.05, 0) is 30.4 Å². The summed E-state index contributed by atoms with van der Waals surface area (Å²) in [5.74, 6) is 0. The molecule has 0 aliphatic rings. The van der Waals surface area contributed by atoms with Crippen molar-refractivity contribution in [1.82, 2.24) is 25.1 Å². The van der Waals surface area contributed by atoms with Gasteiger partial charge >= 0.3 is 0 Å². The average Bonchev–Trinajstić information content (AvgIpc) is 2.61. The minimum Gasteiger partial charge on any atom is -0.305 e. The van der Waals surface area contributed by atoms with Crippen molar-refractivity contribution >= 4 is 12.6 Å². The topological polar surface area (TPSA) is 46.8 Å². The van der Waals surface area contributed by atoms with Crippen LogP contribution >= 0.6 is 12.6 Å². The Morgan fingerprint density at radius 3 is 2.73 bits per heavy atom. The Bertz CT molecular complexity index is 275. The van der Waals surface area contributed by atoms with Gasteiger partial charge in [-0.25, -0.2) is 4.68 Å². The number of thiol groups is 1. The van der Waals surface area contributed by atoms with E-state index in [9.17, 15) is 0 Å². The van der Waals surface area contributed by atoms with Crippen molar-refractivity contribution in [3.8, 4) is 0 Å². The second-order valence-electron chi connectivity index (χ2n) is 3.71. The lowest BCUT2D eigenvalue weighted by Crippen LogP contribution is -2.24. The van der Waals surface area contributed by atoms with Crippen LogP contribution in [0.25, 0.3) is 0 Å². The van der Waals surface area contributed by atoms with E-state index in [0.29, 0.717) is 5.16 Å². The van der Waals surface area contributed by atoms with Gasteiger partial charge in [-0.15, -0.1) is 17.7 Å². The maximum atomic E-state index is 4.15. The van der Waals surface area contributed by atoms with Gasteiger partial charge in [-0.3, -0.25) is 0 Å². The van der Waals surface area contributed by atoms with Crippen molar-refractivity contribution in [3.63, 3.8) is 0 Å². The molecule has 0 atom stereocenters. The van der Waals surface area contributed by atoms with Crippen molar-refractivity contribution in [2.45, 2.75) is 37.9 Å². The molecular weight excluding hydrogens is 210 g/mol. The smallest absolute Gasteiger partial charge is 0.206 e. The Hall–Kier alpha value is -0.620. The molecule has 0 N–H and O–H groups in total. The highest BCUT2D eigenvalue weighted by atomic mass is 32.1. The van der Waals surface area contributed by atoms with Crippen LogP contribution in [0.15, 0.2) is 5.16 Å². The molecule has 0 unspecified atom stereocenters. The molecule has 15 heavy (non-hydrogen) atoms. The minimum atomic E-state index is 0.581. The minimum absolute atomic E-state index is 0.581. The Labute approximate surface area is 96.2 Å². The standard InChI is InChI=1S/C9H19N5S/c1-3-4-5-6-13(2)7-8-14-9(15)10-11-12-14/h3-8H2,1-2H3,(H,10,12,15). The number of hydrogen-bond donors (Lipinski definition) is 1. The molecule has 86 valence electrons. The van der Waals surface area contributed by atoms with Gasteiger partial charge in [-0.2, -0.15) is 0 Å². The van der Waals surface area contributed by atoms with E-state index >= 15 is 0 Å². The van der Waals surface area contributed by atoms with E-state index in [1.165, 1.54) is 19.3 Å². The first-order valence-corrected chi connectivity index (χ1v) is 5.82. The van der Waals surface area contributed by atoms with E-state index in [1.807, 2.05) is 0 Å². The molecule has 0 aliphatic heterocycles. The summed E-state index contributed by atoms with van der Waals surface area (Å²) in [6.45, 7) is 5.11. The van der Waals surface area contributed by atoms with Gasteiger partial charge in [0.25, 0.3) is 0 Å². The molecule has 0 spiro atoms. The van der Waals surface area contributed by atoms with Crippen LogP contribution in [-0.4, -0.2) is 45.2 Å². The number of likely N-dealkylation sites (N-methyl/N-ethyl adjacent to an activating group) is 1. The summed E-state index contributed by atoms with van der Waals surface area (Å²) in [6.07, 6.45) is 3.82. The molecule has 5 nitrogen and oxygen atoms in total. The number of unbranched alkanes of at least 4 members (excludes halogenated alkanes) is 2. The van der Waals surface area contributed by atoms with Crippen molar-refractivity contribution < 1.29 is 0 Å². The molecule has 1 heterocycles. The van der Waals surface area contributed by atoms with Crippen molar-refractivity contribution in [3.05, 3.63) is 0 Å². The first kappa shape index (κ1) is 12.4. The number of aromatic nitrogens is 4. The molecule has 0 amide bonds. The lowest BCUT2D eigenvalue weighted by molar-refractivity contribution is 0.299. The highest BCUT2D eigenvalue weighted by Gasteiger charge is 2.02. The summed E-state index contributed by atoms with van der Waals surface area (Å²) in [5, 5.41) is 11.7. The summed E-state index contributed by atoms with van der Waals surface area (Å²) in [6, 6.07) is 0. The van der Waals surface area contributed by atoms with Gasteiger partial charge in [-0.1, -0.05) is 19.8 Å². The van der Waals surface area contributed by atoms with E-state index in [0.717, 1.165) is 19.6 Å². The van der Waals surface area contributed by atoms with Gasteiger partial charge < -0.3 is 4.90 Å². The van der Waals surface area contributed by atoms with Crippen LogP contribution in [0.2, 0.25) is 0 Å². The second-order valence-corrected chi connectivity index (χ2v) is 4.11. The van der Waals surface area contributed by atoms with E-state index < -0.39 is 0 Å². The van der Waals surface area contributed by atoms with Crippen LogP contribution in [0, 0.1) is 0 Å².